The number of halogens is 2. The summed E-state index contributed by atoms with van der Waals surface area (Å²) in [6, 6.07) is 6.03. The minimum absolute atomic E-state index is 0.100. The van der Waals surface area contributed by atoms with Crippen LogP contribution in [0.5, 0.6) is 0 Å². The van der Waals surface area contributed by atoms with Crippen LogP contribution in [0.25, 0.3) is 10.9 Å². The van der Waals surface area contributed by atoms with Gasteiger partial charge in [0.1, 0.15) is 5.15 Å². The summed E-state index contributed by atoms with van der Waals surface area (Å²) < 4.78 is 0. The van der Waals surface area contributed by atoms with Crippen molar-refractivity contribution in [2.24, 2.45) is 0 Å². The average molecular weight is 243 g/mol. The van der Waals surface area contributed by atoms with Crippen LogP contribution in [-0.4, -0.2) is 9.91 Å². The summed E-state index contributed by atoms with van der Waals surface area (Å²) in [4.78, 5) is 14.1. The van der Waals surface area contributed by atoms with Gasteiger partial charge in [-0.05, 0) is 6.07 Å². The molecule has 2 rings (SSSR count). The monoisotopic (exact) mass is 242 g/mol. The van der Waals surface area contributed by atoms with Crippen molar-refractivity contribution in [1.29, 1.82) is 0 Å². The Morgan fingerprint density at radius 2 is 2.07 bits per heavy atom. The van der Waals surface area contributed by atoms with Crippen molar-refractivity contribution in [1.82, 2.24) is 4.98 Å². The molecule has 0 radical (unpaired) electrons. The Bertz CT molecular complexity index is 557. The topological polar surface area (TPSA) is 56.0 Å². The Labute approximate surface area is 94.6 Å². The molecule has 0 saturated heterocycles. The van der Waals surface area contributed by atoms with Gasteiger partial charge in [0, 0.05) is 11.5 Å². The van der Waals surface area contributed by atoms with Gasteiger partial charge in [0.05, 0.1) is 9.95 Å². The normalized spacial score (nSPS) is 10.5. The molecule has 6 heteroatoms. The largest absolute Gasteiger partial charge is 0.295 e. The Morgan fingerprint density at radius 1 is 1.33 bits per heavy atom. The third-order valence-electron chi connectivity index (χ3n) is 1.93. The second-order valence-electron chi connectivity index (χ2n) is 2.86. The second-order valence-corrected chi connectivity index (χ2v) is 3.65. The highest BCUT2D eigenvalue weighted by Crippen LogP contribution is 2.30. The van der Waals surface area contributed by atoms with E-state index in [1.54, 1.807) is 12.1 Å². The first-order chi connectivity index (χ1) is 7.09. The van der Waals surface area contributed by atoms with Gasteiger partial charge in [-0.15, -0.1) is 0 Å². The number of nitro benzene ring substituents is 1. The van der Waals surface area contributed by atoms with Crippen molar-refractivity contribution >= 4 is 39.8 Å². The summed E-state index contributed by atoms with van der Waals surface area (Å²) in [6.07, 6.45) is 0. The van der Waals surface area contributed by atoms with Gasteiger partial charge in [-0.1, -0.05) is 35.3 Å². The molecular formula is C9H4Cl2N2O2. The minimum atomic E-state index is -0.512. The Hall–Kier alpha value is -1.39. The van der Waals surface area contributed by atoms with E-state index in [0.717, 1.165) is 0 Å². The highest BCUT2D eigenvalue weighted by molar-refractivity contribution is 6.38. The molecule has 0 unspecified atom stereocenters. The quantitative estimate of drug-likeness (QED) is 0.437. The van der Waals surface area contributed by atoms with Crippen molar-refractivity contribution in [2.45, 2.75) is 0 Å². The molecular weight excluding hydrogens is 239 g/mol. The summed E-state index contributed by atoms with van der Waals surface area (Å²) in [5.41, 5.74) is 0.108. The predicted octanol–water partition coefficient (Wildman–Crippen LogP) is 3.45. The lowest BCUT2D eigenvalue weighted by Crippen LogP contribution is -1.91. The number of pyridine rings is 1. The van der Waals surface area contributed by atoms with Gasteiger partial charge >= 0.3 is 0 Å². The van der Waals surface area contributed by atoms with E-state index >= 15 is 0 Å². The summed E-state index contributed by atoms with van der Waals surface area (Å²) in [7, 11) is 0. The average Bonchev–Trinajstić information content (AvgIpc) is 2.16. The number of nitro groups is 1. The van der Waals surface area contributed by atoms with Gasteiger partial charge in [0.2, 0.25) is 0 Å². The number of rotatable bonds is 1. The van der Waals surface area contributed by atoms with Gasteiger partial charge in [-0.25, -0.2) is 4.98 Å². The summed E-state index contributed by atoms with van der Waals surface area (Å²) >= 11 is 11.6. The molecule has 0 aliphatic heterocycles. The predicted molar refractivity (Wildman–Crippen MR) is 58.4 cm³/mol. The highest BCUT2D eigenvalue weighted by Gasteiger charge is 2.14. The number of hydrogen-bond donors (Lipinski definition) is 0. The lowest BCUT2D eigenvalue weighted by molar-refractivity contribution is -0.383. The van der Waals surface area contributed by atoms with E-state index in [4.69, 9.17) is 23.2 Å². The molecule has 15 heavy (non-hydrogen) atoms. The number of benzene rings is 1. The first-order valence-electron chi connectivity index (χ1n) is 3.99. The molecule has 4 nitrogen and oxygen atoms in total. The SMILES string of the molecule is O=[N+]([O-])c1cccc2c(Cl)cc(Cl)nc12. The molecule has 0 saturated carbocycles. The van der Waals surface area contributed by atoms with E-state index in [1.165, 1.54) is 12.1 Å². The number of non-ortho nitro benzene ring substituents is 1. The van der Waals surface area contributed by atoms with Crippen molar-refractivity contribution in [2.75, 3.05) is 0 Å². The Morgan fingerprint density at radius 3 is 2.73 bits per heavy atom. The summed E-state index contributed by atoms with van der Waals surface area (Å²) in [6.45, 7) is 0. The molecule has 0 amide bonds. The van der Waals surface area contributed by atoms with Crippen LogP contribution in [0.2, 0.25) is 10.2 Å². The Kier molecular flexibility index (Phi) is 2.46. The summed E-state index contributed by atoms with van der Waals surface area (Å²) in [5, 5.41) is 11.7. The van der Waals surface area contributed by atoms with Gasteiger partial charge < -0.3 is 0 Å². The smallest absolute Gasteiger partial charge is 0.258 e. The third kappa shape index (κ3) is 1.73. The fourth-order valence-electron chi connectivity index (χ4n) is 1.31. The number of hydrogen-bond acceptors (Lipinski definition) is 3. The first-order valence-corrected chi connectivity index (χ1v) is 4.74. The van der Waals surface area contributed by atoms with Gasteiger partial charge in [0.25, 0.3) is 5.69 Å². The van der Waals surface area contributed by atoms with Crippen LogP contribution in [0, 0.1) is 10.1 Å². The van der Waals surface area contributed by atoms with E-state index in [9.17, 15) is 10.1 Å². The van der Waals surface area contributed by atoms with Crippen LogP contribution in [0.4, 0.5) is 5.69 Å². The van der Waals surface area contributed by atoms with Crippen LogP contribution >= 0.6 is 23.2 Å². The molecule has 1 aromatic carbocycles. The molecule has 1 heterocycles. The van der Waals surface area contributed by atoms with Crippen LogP contribution in [0.15, 0.2) is 24.3 Å². The first kappa shape index (κ1) is 10.1. The van der Waals surface area contributed by atoms with Gasteiger partial charge in [0.15, 0.2) is 5.52 Å². The van der Waals surface area contributed by atoms with E-state index in [-0.39, 0.29) is 16.4 Å². The highest BCUT2D eigenvalue weighted by atomic mass is 35.5. The van der Waals surface area contributed by atoms with E-state index in [1.807, 2.05) is 0 Å². The number of para-hydroxylation sites is 1. The molecule has 0 bridgehead atoms. The number of fused-ring (bicyclic) bond motifs is 1. The van der Waals surface area contributed by atoms with Gasteiger partial charge in [-0.3, -0.25) is 10.1 Å². The van der Waals surface area contributed by atoms with Crippen molar-refractivity contribution in [3.8, 4) is 0 Å². The molecule has 0 atom stereocenters. The Balaban J connectivity index is 2.91. The fourth-order valence-corrected chi connectivity index (χ4v) is 1.82. The maximum Gasteiger partial charge on any atom is 0.295 e. The van der Waals surface area contributed by atoms with Crippen molar-refractivity contribution in [3.05, 3.63) is 44.6 Å². The fraction of sp³-hybridized carbons (Fsp3) is 0. The molecule has 76 valence electrons. The zero-order chi connectivity index (χ0) is 11.0. The van der Waals surface area contributed by atoms with Crippen LogP contribution in [0.3, 0.4) is 0 Å². The van der Waals surface area contributed by atoms with E-state index in [0.29, 0.717) is 10.4 Å². The lowest BCUT2D eigenvalue weighted by atomic mass is 10.2. The number of nitrogens with zero attached hydrogens (tertiary/aromatic N) is 2. The third-order valence-corrected chi connectivity index (χ3v) is 2.44. The molecule has 0 fully saturated rings. The lowest BCUT2D eigenvalue weighted by Gasteiger charge is -2.01. The van der Waals surface area contributed by atoms with Crippen LogP contribution in [0.1, 0.15) is 0 Å². The molecule has 0 aliphatic carbocycles. The number of aromatic nitrogens is 1. The standard InChI is InChI=1S/C9H4Cl2N2O2/c10-6-4-8(11)12-9-5(6)2-1-3-7(9)13(14)15/h1-4H. The maximum absolute atomic E-state index is 10.7. The molecule has 0 N–H and O–H groups in total. The van der Waals surface area contributed by atoms with E-state index in [2.05, 4.69) is 4.98 Å². The van der Waals surface area contributed by atoms with Gasteiger partial charge in [-0.2, -0.15) is 0 Å². The molecule has 0 aliphatic rings. The van der Waals surface area contributed by atoms with Crippen molar-refractivity contribution < 1.29 is 4.92 Å². The van der Waals surface area contributed by atoms with E-state index < -0.39 is 4.92 Å². The van der Waals surface area contributed by atoms with Crippen LogP contribution in [-0.2, 0) is 0 Å². The zero-order valence-electron chi connectivity index (χ0n) is 7.28. The molecule has 0 spiro atoms. The summed E-state index contributed by atoms with van der Waals surface area (Å²) in [5.74, 6) is 0. The van der Waals surface area contributed by atoms with Crippen molar-refractivity contribution in [3.63, 3.8) is 0 Å². The second kappa shape index (κ2) is 3.64. The van der Waals surface area contributed by atoms with Crippen LogP contribution < -0.4 is 0 Å². The zero-order valence-corrected chi connectivity index (χ0v) is 8.79. The molecule has 2 aromatic rings. The molecule has 1 aromatic heterocycles. The maximum atomic E-state index is 10.7. The minimum Gasteiger partial charge on any atom is -0.258 e.